The monoisotopic (exact) mass is 324 g/mol. The molecule has 0 bridgehead atoms. The topological polar surface area (TPSA) is 74.6 Å². The van der Waals surface area contributed by atoms with Crippen molar-refractivity contribution < 1.29 is 19.8 Å². The Bertz CT molecular complexity index is 631. The van der Waals surface area contributed by atoms with Crippen molar-refractivity contribution in [1.29, 1.82) is 0 Å². The van der Waals surface area contributed by atoms with E-state index in [1.165, 1.54) is 0 Å². The molecule has 2 unspecified atom stereocenters. The third kappa shape index (κ3) is 4.81. The summed E-state index contributed by atoms with van der Waals surface area (Å²) in [6, 6.07) is 18.1. The molecule has 0 aliphatic rings. The van der Waals surface area contributed by atoms with Gasteiger partial charge < -0.3 is 10.2 Å². The van der Waals surface area contributed by atoms with Gasteiger partial charge in [0.05, 0.1) is 11.8 Å². The van der Waals surface area contributed by atoms with Gasteiger partial charge >= 0.3 is 11.9 Å². The van der Waals surface area contributed by atoms with Gasteiger partial charge in [0.2, 0.25) is 0 Å². The number of allylic oxidation sites excluding steroid dienone is 2. The van der Waals surface area contributed by atoms with Gasteiger partial charge in [-0.1, -0.05) is 72.8 Å². The van der Waals surface area contributed by atoms with Crippen molar-refractivity contribution >= 4 is 11.9 Å². The molecule has 2 rings (SSSR count). The van der Waals surface area contributed by atoms with Crippen molar-refractivity contribution in [2.75, 3.05) is 0 Å². The molecule has 0 heterocycles. The summed E-state index contributed by atoms with van der Waals surface area (Å²) in [6.45, 7) is 0. The quantitative estimate of drug-likeness (QED) is 0.718. The largest absolute Gasteiger partial charge is 0.481 e. The summed E-state index contributed by atoms with van der Waals surface area (Å²) in [6.07, 6.45) is 4.18. The van der Waals surface area contributed by atoms with E-state index in [2.05, 4.69) is 0 Å². The highest BCUT2D eigenvalue weighted by atomic mass is 16.4. The van der Waals surface area contributed by atoms with Crippen LogP contribution in [0.2, 0.25) is 0 Å². The van der Waals surface area contributed by atoms with Crippen molar-refractivity contribution in [1.82, 2.24) is 0 Å². The fraction of sp³-hybridized carbons (Fsp3) is 0.200. The maximum atomic E-state index is 11.4. The molecule has 0 amide bonds. The summed E-state index contributed by atoms with van der Waals surface area (Å²) in [5.74, 6) is -3.02. The first-order valence-electron chi connectivity index (χ1n) is 7.80. The van der Waals surface area contributed by atoms with Crippen LogP contribution >= 0.6 is 0 Å². The highest BCUT2D eigenvalue weighted by Gasteiger charge is 2.19. The lowest BCUT2D eigenvalue weighted by Crippen LogP contribution is -2.11. The molecule has 2 atom stereocenters. The van der Waals surface area contributed by atoms with E-state index in [4.69, 9.17) is 0 Å². The van der Waals surface area contributed by atoms with Gasteiger partial charge in [-0.2, -0.15) is 0 Å². The molecule has 0 radical (unpaired) electrons. The van der Waals surface area contributed by atoms with Crippen LogP contribution in [0.15, 0.2) is 72.8 Å². The molecule has 0 saturated carbocycles. The Balaban J connectivity index is 2.01. The number of carboxylic acid groups (broad SMARTS) is 2. The SMILES string of the molecule is O=C(O)C(C/C=C/CC(C(=O)O)c1ccccc1)c1ccccc1. The van der Waals surface area contributed by atoms with Crippen LogP contribution in [0.5, 0.6) is 0 Å². The van der Waals surface area contributed by atoms with Crippen LogP contribution in [-0.2, 0) is 9.59 Å². The maximum Gasteiger partial charge on any atom is 0.311 e. The van der Waals surface area contributed by atoms with Crippen LogP contribution in [0.25, 0.3) is 0 Å². The smallest absolute Gasteiger partial charge is 0.311 e. The van der Waals surface area contributed by atoms with E-state index in [0.29, 0.717) is 12.8 Å². The van der Waals surface area contributed by atoms with Crippen LogP contribution in [0.4, 0.5) is 0 Å². The molecule has 2 aromatic carbocycles. The first-order chi connectivity index (χ1) is 11.6. The number of carbonyl (C=O) groups is 2. The summed E-state index contributed by atoms with van der Waals surface area (Å²) in [4.78, 5) is 22.9. The minimum absolute atomic E-state index is 0.334. The van der Waals surface area contributed by atoms with Crippen molar-refractivity contribution in [2.45, 2.75) is 24.7 Å². The molecule has 124 valence electrons. The fourth-order valence-corrected chi connectivity index (χ4v) is 2.59. The van der Waals surface area contributed by atoms with E-state index in [9.17, 15) is 19.8 Å². The zero-order chi connectivity index (χ0) is 17.4. The lowest BCUT2D eigenvalue weighted by molar-refractivity contribution is -0.139. The van der Waals surface area contributed by atoms with E-state index >= 15 is 0 Å². The Morgan fingerprint density at radius 2 is 1.04 bits per heavy atom. The van der Waals surface area contributed by atoms with E-state index < -0.39 is 23.8 Å². The molecule has 0 aromatic heterocycles. The molecule has 4 nitrogen and oxygen atoms in total. The van der Waals surface area contributed by atoms with Crippen LogP contribution in [-0.4, -0.2) is 22.2 Å². The normalized spacial score (nSPS) is 13.5. The van der Waals surface area contributed by atoms with Gasteiger partial charge in [0.25, 0.3) is 0 Å². The number of hydrogen-bond donors (Lipinski definition) is 2. The predicted molar refractivity (Wildman–Crippen MR) is 92.0 cm³/mol. The first-order valence-corrected chi connectivity index (χ1v) is 7.80. The zero-order valence-corrected chi connectivity index (χ0v) is 13.2. The number of rotatable bonds is 8. The minimum Gasteiger partial charge on any atom is -0.481 e. The zero-order valence-electron chi connectivity index (χ0n) is 13.2. The number of hydrogen-bond acceptors (Lipinski definition) is 2. The molecule has 2 N–H and O–H groups in total. The summed E-state index contributed by atoms with van der Waals surface area (Å²) >= 11 is 0. The maximum absolute atomic E-state index is 11.4. The van der Waals surface area contributed by atoms with Gasteiger partial charge in [0, 0.05) is 0 Å². The molecule has 24 heavy (non-hydrogen) atoms. The van der Waals surface area contributed by atoms with Crippen LogP contribution in [0.1, 0.15) is 35.8 Å². The molecule has 0 aliphatic heterocycles. The fourth-order valence-electron chi connectivity index (χ4n) is 2.59. The van der Waals surface area contributed by atoms with Crippen molar-refractivity contribution in [3.05, 3.63) is 83.9 Å². The summed E-state index contributed by atoms with van der Waals surface area (Å²) in [5, 5.41) is 18.7. The van der Waals surface area contributed by atoms with Crippen LogP contribution in [0, 0.1) is 0 Å². The average molecular weight is 324 g/mol. The molecular weight excluding hydrogens is 304 g/mol. The van der Waals surface area contributed by atoms with Gasteiger partial charge in [0.1, 0.15) is 0 Å². The summed E-state index contributed by atoms with van der Waals surface area (Å²) < 4.78 is 0. The van der Waals surface area contributed by atoms with E-state index in [-0.39, 0.29) is 0 Å². The Morgan fingerprint density at radius 3 is 1.33 bits per heavy atom. The minimum atomic E-state index is -0.885. The van der Waals surface area contributed by atoms with Crippen LogP contribution < -0.4 is 0 Å². The molecule has 0 saturated heterocycles. The molecule has 0 fully saturated rings. The van der Waals surface area contributed by atoms with Crippen molar-refractivity contribution in [3.63, 3.8) is 0 Å². The number of carboxylic acids is 2. The highest BCUT2D eigenvalue weighted by Crippen LogP contribution is 2.23. The van der Waals surface area contributed by atoms with Crippen molar-refractivity contribution in [3.8, 4) is 0 Å². The molecule has 0 spiro atoms. The molecular formula is C20H20O4. The molecule has 4 heteroatoms. The average Bonchev–Trinajstić information content (AvgIpc) is 2.59. The first kappa shape index (κ1) is 17.5. The Morgan fingerprint density at radius 1 is 0.708 bits per heavy atom. The Kier molecular flexibility index (Phi) is 6.32. The van der Waals surface area contributed by atoms with E-state index in [1.54, 1.807) is 36.4 Å². The standard InChI is InChI=1S/C20H20O4/c21-19(22)17(15-9-3-1-4-10-15)13-7-8-14-18(20(23)24)16-11-5-2-6-12-16/h1-12,17-18H,13-14H2,(H,21,22)(H,23,24)/b8-7+. The summed E-state index contributed by atoms with van der Waals surface area (Å²) in [5.41, 5.74) is 1.49. The van der Waals surface area contributed by atoms with Gasteiger partial charge in [-0.3, -0.25) is 9.59 Å². The van der Waals surface area contributed by atoms with Crippen molar-refractivity contribution in [2.24, 2.45) is 0 Å². The van der Waals surface area contributed by atoms with E-state index in [1.807, 2.05) is 36.4 Å². The summed E-state index contributed by atoms with van der Waals surface area (Å²) in [7, 11) is 0. The van der Waals surface area contributed by atoms with Gasteiger partial charge in [-0.05, 0) is 24.0 Å². The Labute approximate surface area is 141 Å². The molecule has 0 aliphatic carbocycles. The third-order valence-electron chi connectivity index (χ3n) is 3.91. The van der Waals surface area contributed by atoms with Gasteiger partial charge in [-0.15, -0.1) is 0 Å². The second kappa shape index (κ2) is 8.67. The number of aliphatic carboxylic acids is 2. The second-order valence-corrected chi connectivity index (χ2v) is 5.55. The van der Waals surface area contributed by atoms with Gasteiger partial charge in [-0.25, -0.2) is 0 Å². The van der Waals surface area contributed by atoms with Gasteiger partial charge in [0.15, 0.2) is 0 Å². The van der Waals surface area contributed by atoms with E-state index in [0.717, 1.165) is 11.1 Å². The number of benzene rings is 2. The third-order valence-corrected chi connectivity index (χ3v) is 3.91. The highest BCUT2D eigenvalue weighted by molar-refractivity contribution is 5.77. The van der Waals surface area contributed by atoms with Crippen LogP contribution in [0.3, 0.4) is 0 Å². The Hall–Kier alpha value is -2.88. The lowest BCUT2D eigenvalue weighted by Gasteiger charge is -2.11. The lowest BCUT2D eigenvalue weighted by atomic mass is 9.93. The second-order valence-electron chi connectivity index (χ2n) is 5.55. The predicted octanol–water partition coefficient (Wildman–Crippen LogP) is 4.06. The molecule has 2 aromatic rings.